The SMILES string of the molecule is CCCn1c(=O)c2c(nc3n(C(C)c4ccccc4)c(C)cn23)n(C)c1=O. The second kappa shape index (κ2) is 6.26. The molecule has 0 N–H and O–H groups in total. The standard InChI is InChI=1S/C20H23N5O2/c1-5-11-23-18(26)16-17(22(4)20(23)27)21-19-24(16)12-13(2)25(19)14(3)15-9-7-6-8-10-15/h6-10,12,14H,5,11H2,1-4H3. The highest BCUT2D eigenvalue weighted by Crippen LogP contribution is 2.25. The van der Waals surface area contributed by atoms with Gasteiger partial charge in [0.15, 0.2) is 11.2 Å². The van der Waals surface area contributed by atoms with Gasteiger partial charge in [-0.3, -0.25) is 18.3 Å². The Bertz CT molecular complexity index is 1260. The van der Waals surface area contributed by atoms with Gasteiger partial charge in [0.1, 0.15) is 0 Å². The van der Waals surface area contributed by atoms with Gasteiger partial charge in [0.25, 0.3) is 5.56 Å². The highest BCUT2D eigenvalue weighted by Gasteiger charge is 2.22. The molecule has 0 aliphatic rings. The van der Waals surface area contributed by atoms with E-state index < -0.39 is 0 Å². The molecule has 3 heterocycles. The molecule has 27 heavy (non-hydrogen) atoms. The van der Waals surface area contributed by atoms with E-state index in [2.05, 4.69) is 28.6 Å². The predicted octanol–water partition coefficient (Wildman–Crippen LogP) is 2.48. The van der Waals surface area contributed by atoms with Crippen LogP contribution in [0.25, 0.3) is 16.9 Å². The van der Waals surface area contributed by atoms with E-state index in [0.717, 1.165) is 11.3 Å². The van der Waals surface area contributed by atoms with Gasteiger partial charge < -0.3 is 4.57 Å². The summed E-state index contributed by atoms with van der Waals surface area (Å²) in [6.45, 7) is 6.46. The lowest BCUT2D eigenvalue weighted by Crippen LogP contribution is -2.39. The van der Waals surface area contributed by atoms with Crippen LogP contribution in [0.1, 0.15) is 37.6 Å². The Kier molecular flexibility index (Phi) is 4.02. The van der Waals surface area contributed by atoms with E-state index in [0.29, 0.717) is 29.9 Å². The van der Waals surface area contributed by atoms with Crippen LogP contribution in [0.3, 0.4) is 0 Å². The van der Waals surface area contributed by atoms with Crippen molar-refractivity contribution >= 4 is 16.9 Å². The van der Waals surface area contributed by atoms with Crippen molar-refractivity contribution in [2.75, 3.05) is 0 Å². The van der Waals surface area contributed by atoms with Gasteiger partial charge in [0.2, 0.25) is 5.78 Å². The molecule has 0 spiro atoms. The second-order valence-electron chi connectivity index (χ2n) is 6.98. The van der Waals surface area contributed by atoms with Gasteiger partial charge in [-0.15, -0.1) is 0 Å². The lowest BCUT2D eigenvalue weighted by Gasteiger charge is -2.16. The molecular formula is C20H23N5O2. The number of imidazole rings is 2. The van der Waals surface area contributed by atoms with Crippen molar-refractivity contribution in [3.63, 3.8) is 0 Å². The van der Waals surface area contributed by atoms with E-state index in [1.165, 1.54) is 9.13 Å². The summed E-state index contributed by atoms with van der Waals surface area (Å²) in [5, 5.41) is 0. The lowest BCUT2D eigenvalue weighted by molar-refractivity contribution is 0.592. The molecule has 4 aromatic rings. The Morgan fingerprint density at radius 2 is 1.85 bits per heavy atom. The van der Waals surface area contributed by atoms with Gasteiger partial charge in [-0.1, -0.05) is 37.3 Å². The van der Waals surface area contributed by atoms with Crippen LogP contribution in [-0.4, -0.2) is 23.1 Å². The number of nitrogens with zero attached hydrogens (tertiary/aromatic N) is 5. The Morgan fingerprint density at radius 3 is 2.52 bits per heavy atom. The fourth-order valence-corrected chi connectivity index (χ4v) is 3.81. The summed E-state index contributed by atoms with van der Waals surface area (Å²) in [7, 11) is 1.67. The number of rotatable bonds is 4. The van der Waals surface area contributed by atoms with E-state index in [1.807, 2.05) is 42.6 Å². The number of fused-ring (bicyclic) bond motifs is 3. The Balaban J connectivity index is 2.06. The van der Waals surface area contributed by atoms with E-state index >= 15 is 0 Å². The first kappa shape index (κ1) is 17.3. The lowest BCUT2D eigenvalue weighted by atomic mass is 10.1. The van der Waals surface area contributed by atoms with Crippen molar-refractivity contribution in [1.82, 2.24) is 23.1 Å². The van der Waals surface area contributed by atoms with Crippen LogP contribution in [-0.2, 0) is 13.6 Å². The Morgan fingerprint density at radius 1 is 1.15 bits per heavy atom. The van der Waals surface area contributed by atoms with Crippen molar-refractivity contribution in [3.8, 4) is 0 Å². The van der Waals surface area contributed by atoms with Gasteiger partial charge in [-0.05, 0) is 25.8 Å². The molecule has 0 fully saturated rings. The molecule has 1 unspecified atom stereocenters. The maximum Gasteiger partial charge on any atom is 0.332 e. The van der Waals surface area contributed by atoms with E-state index in [1.54, 1.807) is 7.05 Å². The summed E-state index contributed by atoms with van der Waals surface area (Å²) in [5.41, 5.74) is 2.42. The monoisotopic (exact) mass is 365 g/mol. The van der Waals surface area contributed by atoms with Crippen LogP contribution in [0, 0.1) is 6.92 Å². The zero-order valence-electron chi connectivity index (χ0n) is 16.0. The summed E-state index contributed by atoms with van der Waals surface area (Å²) in [6, 6.07) is 10.2. The summed E-state index contributed by atoms with van der Waals surface area (Å²) >= 11 is 0. The quantitative estimate of drug-likeness (QED) is 0.558. The van der Waals surface area contributed by atoms with E-state index in [4.69, 9.17) is 0 Å². The maximum atomic E-state index is 13.0. The smallest absolute Gasteiger partial charge is 0.307 e. The third-order valence-electron chi connectivity index (χ3n) is 5.19. The molecule has 0 saturated carbocycles. The second-order valence-corrected chi connectivity index (χ2v) is 6.98. The molecule has 7 nitrogen and oxygen atoms in total. The minimum absolute atomic E-state index is 0.0513. The van der Waals surface area contributed by atoms with Crippen LogP contribution < -0.4 is 11.2 Å². The molecule has 0 radical (unpaired) electrons. The third kappa shape index (κ3) is 2.45. The highest BCUT2D eigenvalue weighted by molar-refractivity contribution is 5.75. The van der Waals surface area contributed by atoms with Crippen LogP contribution in [0.5, 0.6) is 0 Å². The molecule has 0 aliphatic carbocycles. The number of benzene rings is 1. The average Bonchev–Trinajstić information content (AvgIpc) is 3.18. The topological polar surface area (TPSA) is 66.2 Å². The number of aryl methyl sites for hydroxylation is 2. The Labute approximate surface area is 156 Å². The van der Waals surface area contributed by atoms with Gasteiger partial charge in [-0.2, -0.15) is 4.98 Å². The van der Waals surface area contributed by atoms with Crippen molar-refractivity contribution in [3.05, 3.63) is 68.6 Å². The Hall–Kier alpha value is -3.09. The molecule has 7 heteroatoms. The molecule has 1 atom stereocenters. The van der Waals surface area contributed by atoms with Crippen molar-refractivity contribution < 1.29 is 0 Å². The molecule has 0 amide bonds. The summed E-state index contributed by atoms with van der Waals surface area (Å²) in [4.78, 5) is 30.3. The van der Waals surface area contributed by atoms with Crippen LogP contribution in [0.2, 0.25) is 0 Å². The van der Waals surface area contributed by atoms with Crippen molar-refractivity contribution in [1.29, 1.82) is 0 Å². The fraction of sp³-hybridized carbons (Fsp3) is 0.350. The zero-order valence-corrected chi connectivity index (χ0v) is 16.0. The fourth-order valence-electron chi connectivity index (χ4n) is 3.81. The molecule has 0 aliphatic heterocycles. The molecule has 3 aromatic heterocycles. The maximum absolute atomic E-state index is 13.0. The molecule has 0 saturated heterocycles. The van der Waals surface area contributed by atoms with Gasteiger partial charge in [0, 0.05) is 25.5 Å². The van der Waals surface area contributed by atoms with Gasteiger partial charge >= 0.3 is 5.69 Å². The first-order valence-electron chi connectivity index (χ1n) is 9.20. The van der Waals surface area contributed by atoms with E-state index in [-0.39, 0.29) is 17.3 Å². The number of aromatic nitrogens is 5. The molecule has 140 valence electrons. The van der Waals surface area contributed by atoms with Gasteiger partial charge in [0.05, 0.1) is 6.04 Å². The van der Waals surface area contributed by atoms with Crippen LogP contribution in [0.15, 0.2) is 46.1 Å². The summed E-state index contributed by atoms with van der Waals surface area (Å²) in [5.74, 6) is 0.667. The normalized spacial score (nSPS) is 12.9. The van der Waals surface area contributed by atoms with Crippen molar-refractivity contribution in [2.24, 2.45) is 7.05 Å². The predicted molar refractivity (Wildman–Crippen MR) is 105 cm³/mol. The molecule has 0 bridgehead atoms. The molecular weight excluding hydrogens is 342 g/mol. The zero-order chi connectivity index (χ0) is 19.3. The molecule has 1 aromatic carbocycles. The van der Waals surface area contributed by atoms with Crippen molar-refractivity contribution in [2.45, 2.75) is 39.8 Å². The number of hydrogen-bond donors (Lipinski definition) is 0. The summed E-state index contributed by atoms with van der Waals surface area (Å²) < 4.78 is 6.68. The van der Waals surface area contributed by atoms with Crippen LogP contribution in [0.4, 0.5) is 0 Å². The van der Waals surface area contributed by atoms with E-state index in [9.17, 15) is 9.59 Å². The average molecular weight is 365 g/mol. The first-order chi connectivity index (χ1) is 13.0. The largest absolute Gasteiger partial charge is 0.332 e. The third-order valence-corrected chi connectivity index (χ3v) is 5.19. The summed E-state index contributed by atoms with van der Waals surface area (Å²) in [6.07, 6.45) is 2.64. The first-order valence-corrected chi connectivity index (χ1v) is 9.20. The highest BCUT2D eigenvalue weighted by atomic mass is 16.2. The van der Waals surface area contributed by atoms with Crippen LogP contribution >= 0.6 is 0 Å². The van der Waals surface area contributed by atoms with Gasteiger partial charge in [-0.25, -0.2) is 4.79 Å². The minimum atomic E-state index is -0.325. The number of hydrogen-bond acceptors (Lipinski definition) is 3. The minimum Gasteiger partial charge on any atom is -0.307 e. The molecule has 4 rings (SSSR count).